The number of fused-ring (bicyclic) bond motifs is 1. The number of halogens is 2. The van der Waals surface area contributed by atoms with Gasteiger partial charge >= 0.3 is 0 Å². The summed E-state index contributed by atoms with van der Waals surface area (Å²) in [5, 5.41) is 4.20. The molecule has 0 saturated carbocycles. The van der Waals surface area contributed by atoms with Gasteiger partial charge in [0.1, 0.15) is 6.10 Å². The second-order valence-electron chi connectivity index (χ2n) is 4.64. The van der Waals surface area contributed by atoms with Crippen LogP contribution in [0.25, 0.3) is 0 Å². The molecule has 2 aromatic carbocycles. The fourth-order valence-corrected chi connectivity index (χ4v) is 2.99. The molecular weight excluding hydrogens is 326 g/mol. The van der Waals surface area contributed by atoms with Crippen LogP contribution in [0.15, 0.2) is 46.9 Å². The minimum Gasteiger partial charge on any atom is -0.480 e. The molecule has 0 saturated heterocycles. The first kappa shape index (κ1) is 12.8. The van der Waals surface area contributed by atoms with Gasteiger partial charge in [-0.2, -0.15) is 0 Å². The van der Waals surface area contributed by atoms with Crippen LogP contribution in [0.3, 0.4) is 0 Å². The molecule has 19 heavy (non-hydrogen) atoms. The summed E-state index contributed by atoms with van der Waals surface area (Å²) in [6.45, 7) is 2.11. The van der Waals surface area contributed by atoms with Crippen LogP contribution < -0.4 is 10.1 Å². The quantitative estimate of drug-likeness (QED) is 0.787. The molecule has 1 N–H and O–H groups in total. The molecule has 0 fully saturated rings. The number of benzene rings is 2. The first-order chi connectivity index (χ1) is 9.15. The molecule has 98 valence electrons. The maximum Gasteiger partial charge on any atom is 0.157 e. The Morgan fingerprint density at radius 3 is 2.79 bits per heavy atom. The molecule has 0 bridgehead atoms. The lowest BCUT2D eigenvalue weighted by atomic mass is 10.0. The highest BCUT2D eigenvalue weighted by molar-refractivity contribution is 9.10. The molecule has 2 nitrogen and oxygen atoms in total. The smallest absolute Gasteiger partial charge is 0.157 e. The fraction of sp³-hybridized carbons (Fsp3) is 0.200. The largest absolute Gasteiger partial charge is 0.480 e. The summed E-state index contributed by atoms with van der Waals surface area (Å²) in [5.74, 6) is 0.852. The zero-order valence-electron chi connectivity index (χ0n) is 10.4. The van der Waals surface area contributed by atoms with Crippen molar-refractivity contribution < 1.29 is 4.74 Å². The summed E-state index contributed by atoms with van der Waals surface area (Å²) in [6, 6.07) is 14.0. The molecular formula is C15H13BrClNO. The van der Waals surface area contributed by atoms with Gasteiger partial charge in [-0.05, 0) is 52.7 Å². The average Bonchev–Trinajstić information content (AvgIpc) is 2.38. The summed E-state index contributed by atoms with van der Waals surface area (Å²) in [6.07, 6.45) is -0.0510. The summed E-state index contributed by atoms with van der Waals surface area (Å²) in [4.78, 5) is 0. The van der Waals surface area contributed by atoms with Crippen molar-refractivity contribution in [3.63, 3.8) is 0 Å². The first-order valence-corrected chi connectivity index (χ1v) is 7.29. The van der Waals surface area contributed by atoms with E-state index in [1.54, 1.807) is 0 Å². The van der Waals surface area contributed by atoms with E-state index >= 15 is 0 Å². The van der Waals surface area contributed by atoms with Crippen molar-refractivity contribution >= 4 is 33.2 Å². The monoisotopic (exact) mass is 337 g/mol. The lowest BCUT2D eigenvalue weighted by molar-refractivity contribution is 0.176. The zero-order valence-corrected chi connectivity index (χ0v) is 12.7. The van der Waals surface area contributed by atoms with Crippen LogP contribution in [0.5, 0.6) is 5.75 Å². The second-order valence-corrected chi connectivity index (χ2v) is 5.93. The molecule has 0 aliphatic carbocycles. The SMILES string of the molecule is CC1Nc2cccc(Br)c2OC1c1cccc(Cl)c1. The highest BCUT2D eigenvalue weighted by atomic mass is 79.9. The first-order valence-electron chi connectivity index (χ1n) is 6.12. The van der Waals surface area contributed by atoms with Gasteiger partial charge in [-0.15, -0.1) is 0 Å². The van der Waals surface area contributed by atoms with Gasteiger partial charge in [0.2, 0.25) is 0 Å². The standard InChI is InChI=1S/C15H13BrClNO/c1-9-14(10-4-2-5-11(17)8-10)19-15-12(16)6-3-7-13(15)18-9/h2-9,14,18H,1H3. The van der Waals surface area contributed by atoms with Gasteiger partial charge in [-0.1, -0.05) is 29.8 Å². The number of ether oxygens (including phenoxy) is 1. The Labute approximate surface area is 125 Å². The molecule has 3 rings (SSSR count). The Morgan fingerprint density at radius 1 is 1.21 bits per heavy atom. The van der Waals surface area contributed by atoms with Gasteiger partial charge in [-0.3, -0.25) is 0 Å². The van der Waals surface area contributed by atoms with Crippen LogP contribution in [0.2, 0.25) is 5.02 Å². The molecule has 0 radical (unpaired) electrons. The van der Waals surface area contributed by atoms with Crippen molar-refractivity contribution in [3.05, 3.63) is 57.5 Å². The molecule has 2 unspecified atom stereocenters. The van der Waals surface area contributed by atoms with Crippen LogP contribution in [0.4, 0.5) is 5.69 Å². The predicted octanol–water partition coefficient (Wildman–Crippen LogP) is 5.04. The molecule has 1 aliphatic rings. The van der Waals surface area contributed by atoms with E-state index in [0.717, 1.165) is 26.5 Å². The lowest BCUT2D eigenvalue weighted by Gasteiger charge is -2.34. The molecule has 0 aromatic heterocycles. The molecule has 1 heterocycles. The molecule has 4 heteroatoms. The Hall–Kier alpha value is -1.19. The van der Waals surface area contributed by atoms with Gasteiger partial charge < -0.3 is 10.1 Å². The molecule has 0 amide bonds. The number of para-hydroxylation sites is 1. The van der Waals surface area contributed by atoms with E-state index in [0.29, 0.717) is 0 Å². The lowest BCUT2D eigenvalue weighted by Crippen LogP contribution is -2.32. The van der Waals surface area contributed by atoms with E-state index in [1.165, 1.54) is 0 Å². The van der Waals surface area contributed by atoms with Crippen LogP contribution in [0.1, 0.15) is 18.6 Å². The Balaban J connectivity index is 1.99. The third kappa shape index (κ3) is 2.45. The number of anilines is 1. The van der Waals surface area contributed by atoms with Gasteiger partial charge in [-0.25, -0.2) is 0 Å². The average molecular weight is 339 g/mol. The minimum atomic E-state index is -0.0510. The maximum atomic E-state index is 6.15. The van der Waals surface area contributed by atoms with Gasteiger partial charge in [0.05, 0.1) is 16.2 Å². The molecule has 2 aromatic rings. The van der Waals surface area contributed by atoms with Crippen molar-refractivity contribution in [2.45, 2.75) is 19.1 Å². The predicted molar refractivity (Wildman–Crippen MR) is 82.0 cm³/mol. The molecule has 2 atom stereocenters. The topological polar surface area (TPSA) is 21.3 Å². The second kappa shape index (κ2) is 5.06. The Bertz CT molecular complexity index is 617. The summed E-state index contributed by atoms with van der Waals surface area (Å²) in [5.41, 5.74) is 2.09. The highest BCUT2D eigenvalue weighted by Crippen LogP contribution is 2.42. The van der Waals surface area contributed by atoms with Crippen LogP contribution in [-0.4, -0.2) is 6.04 Å². The fourth-order valence-electron chi connectivity index (χ4n) is 2.33. The van der Waals surface area contributed by atoms with Crippen LogP contribution in [-0.2, 0) is 0 Å². The van der Waals surface area contributed by atoms with Gasteiger partial charge in [0.25, 0.3) is 0 Å². The summed E-state index contributed by atoms with van der Waals surface area (Å²) < 4.78 is 7.10. The third-order valence-corrected chi connectivity index (χ3v) is 4.09. The number of hydrogen-bond donors (Lipinski definition) is 1. The van der Waals surface area contributed by atoms with E-state index in [-0.39, 0.29) is 12.1 Å². The van der Waals surface area contributed by atoms with Crippen LogP contribution in [0, 0.1) is 0 Å². The minimum absolute atomic E-state index is 0.0510. The normalized spacial score (nSPS) is 21.2. The van der Waals surface area contributed by atoms with E-state index in [4.69, 9.17) is 16.3 Å². The third-order valence-electron chi connectivity index (χ3n) is 3.23. The van der Waals surface area contributed by atoms with E-state index in [2.05, 4.69) is 28.2 Å². The van der Waals surface area contributed by atoms with E-state index < -0.39 is 0 Å². The van der Waals surface area contributed by atoms with Crippen molar-refractivity contribution in [1.82, 2.24) is 0 Å². The zero-order chi connectivity index (χ0) is 13.4. The van der Waals surface area contributed by atoms with Crippen molar-refractivity contribution in [2.24, 2.45) is 0 Å². The summed E-state index contributed by atoms with van der Waals surface area (Å²) in [7, 11) is 0. The number of nitrogens with one attached hydrogen (secondary N) is 1. The van der Waals surface area contributed by atoms with Crippen molar-refractivity contribution in [1.29, 1.82) is 0 Å². The Kier molecular flexibility index (Phi) is 3.42. The maximum absolute atomic E-state index is 6.15. The molecule has 0 spiro atoms. The Morgan fingerprint density at radius 2 is 2.00 bits per heavy atom. The van der Waals surface area contributed by atoms with E-state index in [1.807, 2.05) is 42.5 Å². The van der Waals surface area contributed by atoms with Gasteiger partial charge in [0.15, 0.2) is 5.75 Å². The highest BCUT2D eigenvalue weighted by Gasteiger charge is 2.28. The van der Waals surface area contributed by atoms with Crippen molar-refractivity contribution in [3.8, 4) is 5.75 Å². The molecule has 1 aliphatic heterocycles. The van der Waals surface area contributed by atoms with Gasteiger partial charge in [0, 0.05) is 5.02 Å². The number of hydrogen-bond acceptors (Lipinski definition) is 2. The van der Waals surface area contributed by atoms with Crippen molar-refractivity contribution in [2.75, 3.05) is 5.32 Å². The van der Waals surface area contributed by atoms with Crippen LogP contribution >= 0.6 is 27.5 Å². The van der Waals surface area contributed by atoms with E-state index in [9.17, 15) is 0 Å². The summed E-state index contributed by atoms with van der Waals surface area (Å²) >= 11 is 9.58. The number of rotatable bonds is 1.